The molecule has 1 N–H and O–H groups in total. The van der Waals surface area contributed by atoms with Crippen molar-refractivity contribution in [1.29, 1.82) is 5.26 Å². The first-order valence-electron chi connectivity index (χ1n) is 12.0. The van der Waals surface area contributed by atoms with Crippen molar-refractivity contribution < 1.29 is 32.6 Å². The highest BCUT2D eigenvalue weighted by atomic mass is 19.3. The number of rotatable bonds is 6. The summed E-state index contributed by atoms with van der Waals surface area (Å²) in [6.07, 6.45) is 1.51. The van der Waals surface area contributed by atoms with Crippen molar-refractivity contribution in [1.82, 2.24) is 9.88 Å². The number of ether oxygens (including phenoxy) is 2. The molecular formula is C26H24F2N4O5. The lowest BCUT2D eigenvalue weighted by Crippen LogP contribution is -2.56. The van der Waals surface area contributed by atoms with Crippen LogP contribution in [0.4, 0.5) is 14.5 Å². The zero-order valence-electron chi connectivity index (χ0n) is 19.8. The summed E-state index contributed by atoms with van der Waals surface area (Å²) in [5.74, 6) is -5.15. The minimum atomic E-state index is -3.36. The van der Waals surface area contributed by atoms with Crippen LogP contribution in [0.1, 0.15) is 31.2 Å². The minimum Gasteiger partial charge on any atom is -0.483 e. The number of carbonyl (C=O) groups is 3. The smallest absolute Gasteiger partial charge is 0.306 e. The lowest BCUT2D eigenvalue weighted by Gasteiger charge is -2.39. The second-order valence-corrected chi connectivity index (χ2v) is 9.52. The highest BCUT2D eigenvalue weighted by Gasteiger charge is 2.49. The summed E-state index contributed by atoms with van der Waals surface area (Å²) in [6.45, 7) is -0.903. The molecular weight excluding hydrogens is 486 g/mol. The molecule has 0 spiro atoms. The number of nitrogens with zero attached hydrogens (tertiary/aromatic N) is 3. The number of benzene rings is 1. The molecule has 0 bridgehead atoms. The second-order valence-electron chi connectivity index (χ2n) is 9.52. The van der Waals surface area contributed by atoms with Crippen molar-refractivity contribution in [3.63, 3.8) is 0 Å². The third-order valence-electron chi connectivity index (χ3n) is 6.69. The summed E-state index contributed by atoms with van der Waals surface area (Å²) in [4.78, 5) is 41.2. The van der Waals surface area contributed by atoms with Crippen molar-refractivity contribution >= 4 is 23.5 Å². The number of esters is 1. The minimum absolute atomic E-state index is 0.00341. The van der Waals surface area contributed by atoms with Crippen LogP contribution in [-0.4, -0.2) is 59.4 Å². The maximum atomic E-state index is 15.0. The SMILES string of the molecule is N#Cc1cc(-c2cc(NC(=O)C3CC3)ccn2)ccc1O[C@H]1CCN(C(=O)C2COC(=O)C2)CC1(F)F. The Kier molecular flexibility index (Phi) is 6.50. The van der Waals surface area contributed by atoms with E-state index in [9.17, 15) is 28.4 Å². The quantitative estimate of drug-likeness (QED) is 0.593. The molecule has 2 atom stereocenters. The van der Waals surface area contributed by atoms with Crippen LogP contribution in [0.3, 0.4) is 0 Å². The zero-order valence-corrected chi connectivity index (χ0v) is 19.8. The summed E-state index contributed by atoms with van der Waals surface area (Å²) in [6, 6.07) is 9.89. The largest absolute Gasteiger partial charge is 0.483 e. The van der Waals surface area contributed by atoms with Gasteiger partial charge in [-0.25, -0.2) is 8.78 Å². The average Bonchev–Trinajstić information content (AvgIpc) is 3.65. The van der Waals surface area contributed by atoms with Crippen LogP contribution in [0.5, 0.6) is 5.75 Å². The number of piperidine rings is 1. The number of amides is 2. The van der Waals surface area contributed by atoms with E-state index in [4.69, 9.17) is 9.47 Å². The first-order chi connectivity index (χ1) is 17.7. The van der Waals surface area contributed by atoms with Crippen molar-refractivity contribution in [3.8, 4) is 23.1 Å². The fourth-order valence-electron chi connectivity index (χ4n) is 4.47. The summed E-state index contributed by atoms with van der Waals surface area (Å²) in [7, 11) is 0. The van der Waals surface area contributed by atoms with Crippen LogP contribution in [-0.2, 0) is 19.1 Å². The lowest BCUT2D eigenvalue weighted by atomic mass is 10.00. The number of halogens is 2. The standard InChI is InChI=1S/C26H24F2N4O5/c27-26(28)14-32(25(35)18-10-23(33)36-13-18)8-6-22(26)37-21-4-3-16(9-17(21)12-29)20-11-19(5-7-30-20)31-24(34)15-1-2-15/h3-5,7,9,11,15,18,22H,1-2,6,8,10,13-14H2,(H,30,31,34)/t18?,22-/m0/s1. The van der Waals surface area contributed by atoms with Crippen LogP contribution in [0.15, 0.2) is 36.5 Å². The van der Waals surface area contributed by atoms with Gasteiger partial charge in [-0.1, -0.05) is 0 Å². The monoisotopic (exact) mass is 510 g/mol. The molecule has 3 fully saturated rings. The van der Waals surface area contributed by atoms with Gasteiger partial charge in [0.1, 0.15) is 18.4 Å². The van der Waals surface area contributed by atoms with E-state index in [1.165, 1.54) is 18.3 Å². The molecule has 3 aliphatic rings. The van der Waals surface area contributed by atoms with E-state index < -0.39 is 36.4 Å². The Morgan fingerprint density at radius 3 is 2.68 bits per heavy atom. The highest BCUT2D eigenvalue weighted by Crippen LogP contribution is 2.35. The van der Waals surface area contributed by atoms with E-state index in [0.717, 1.165) is 17.7 Å². The predicted molar refractivity (Wildman–Crippen MR) is 125 cm³/mol. The molecule has 2 amide bonds. The Hall–Kier alpha value is -4.07. The molecule has 2 saturated heterocycles. The molecule has 1 saturated carbocycles. The Morgan fingerprint density at radius 2 is 2.00 bits per heavy atom. The van der Waals surface area contributed by atoms with Gasteiger partial charge in [0.25, 0.3) is 0 Å². The van der Waals surface area contributed by atoms with E-state index in [-0.39, 0.29) is 49.1 Å². The van der Waals surface area contributed by atoms with Crippen molar-refractivity contribution in [3.05, 3.63) is 42.1 Å². The van der Waals surface area contributed by atoms with E-state index in [1.807, 2.05) is 6.07 Å². The maximum Gasteiger partial charge on any atom is 0.306 e. The number of anilines is 1. The van der Waals surface area contributed by atoms with Gasteiger partial charge in [0, 0.05) is 36.3 Å². The molecule has 2 aromatic rings. The number of likely N-dealkylation sites (tertiary alicyclic amines) is 1. The first kappa shape index (κ1) is 24.6. The van der Waals surface area contributed by atoms with Gasteiger partial charge < -0.3 is 19.7 Å². The van der Waals surface area contributed by atoms with E-state index >= 15 is 0 Å². The Balaban J connectivity index is 1.27. The number of nitrogens with one attached hydrogen (secondary N) is 1. The molecule has 37 heavy (non-hydrogen) atoms. The van der Waals surface area contributed by atoms with E-state index in [0.29, 0.717) is 16.9 Å². The Morgan fingerprint density at radius 1 is 1.19 bits per heavy atom. The summed E-state index contributed by atoms with van der Waals surface area (Å²) in [5, 5.41) is 12.5. The van der Waals surface area contributed by atoms with Crippen LogP contribution < -0.4 is 10.1 Å². The fraction of sp³-hybridized carbons (Fsp3) is 0.423. The molecule has 11 heteroatoms. The molecule has 2 aliphatic heterocycles. The topological polar surface area (TPSA) is 122 Å². The molecule has 1 aliphatic carbocycles. The number of hydrogen-bond acceptors (Lipinski definition) is 7. The van der Waals surface area contributed by atoms with Crippen LogP contribution >= 0.6 is 0 Å². The van der Waals surface area contributed by atoms with Gasteiger partial charge in [-0.05, 0) is 43.2 Å². The average molecular weight is 510 g/mol. The molecule has 192 valence electrons. The first-order valence-corrected chi connectivity index (χ1v) is 12.0. The summed E-state index contributed by atoms with van der Waals surface area (Å²) in [5.41, 5.74) is 1.70. The zero-order chi connectivity index (χ0) is 26.2. The number of nitriles is 1. The molecule has 1 aromatic carbocycles. The van der Waals surface area contributed by atoms with Gasteiger partial charge in [-0.3, -0.25) is 19.4 Å². The van der Waals surface area contributed by atoms with Crippen molar-refractivity contribution in [2.24, 2.45) is 11.8 Å². The van der Waals surface area contributed by atoms with Crippen LogP contribution in [0, 0.1) is 23.2 Å². The summed E-state index contributed by atoms with van der Waals surface area (Å²) >= 11 is 0. The molecule has 0 radical (unpaired) electrons. The van der Waals surface area contributed by atoms with Gasteiger partial charge in [0.2, 0.25) is 11.8 Å². The Labute approximate surface area is 211 Å². The lowest BCUT2D eigenvalue weighted by molar-refractivity contribution is -0.163. The van der Waals surface area contributed by atoms with Gasteiger partial charge >= 0.3 is 11.9 Å². The van der Waals surface area contributed by atoms with Gasteiger partial charge in [0.15, 0.2) is 6.10 Å². The fourth-order valence-corrected chi connectivity index (χ4v) is 4.47. The van der Waals surface area contributed by atoms with Crippen molar-refractivity contribution in [2.75, 3.05) is 25.0 Å². The molecule has 1 unspecified atom stereocenters. The number of alkyl halides is 2. The number of cyclic esters (lactones) is 1. The van der Waals surface area contributed by atoms with E-state index in [2.05, 4.69) is 10.3 Å². The van der Waals surface area contributed by atoms with Crippen LogP contribution in [0.2, 0.25) is 0 Å². The van der Waals surface area contributed by atoms with Gasteiger partial charge in [-0.2, -0.15) is 5.26 Å². The number of carbonyl (C=O) groups excluding carboxylic acids is 3. The third-order valence-corrected chi connectivity index (χ3v) is 6.69. The highest BCUT2D eigenvalue weighted by molar-refractivity contribution is 5.94. The summed E-state index contributed by atoms with van der Waals surface area (Å²) < 4.78 is 40.3. The van der Waals surface area contributed by atoms with Crippen molar-refractivity contribution in [2.45, 2.75) is 37.7 Å². The van der Waals surface area contributed by atoms with E-state index in [1.54, 1.807) is 18.2 Å². The number of pyridine rings is 1. The van der Waals surface area contributed by atoms with Gasteiger partial charge in [-0.15, -0.1) is 0 Å². The number of hydrogen-bond donors (Lipinski definition) is 1. The molecule has 5 rings (SSSR count). The van der Waals surface area contributed by atoms with Crippen LogP contribution in [0.25, 0.3) is 11.3 Å². The normalized spacial score (nSPS) is 22.6. The third kappa shape index (κ3) is 5.38. The Bertz CT molecular complexity index is 1290. The van der Waals surface area contributed by atoms with Gasteiger partial charge in [0.05, 0.1) is 30.1 Å². The molecule has 9 nitrogen and oxygen atoms in total. The maximum absolute atomic E-state index is 15.0. The molecule has 3 heterocycles. The number of aromatic nitrogens is 1. The second kappa shape index (κ2) is 9.76. The predicted octanol–water partition coefficient (Wildman–Crippen LogP) is 3.15. The molecule has 1 aromatic heterocycles.